The summed E-state index contributed by atoms with van der Waals surface area (Å²) in [6.07, 6.45) is 7.63. The summed E-state index contributed by atoms with van der Waals surface area (Å²) in [4.78, 5) is 14.6. The summed E-state index contributed by atoms with van der Waals surface area (Å²) in [6.45, 7) is 0. The maximum atomic E-state index is 11.9. The maximum Gasteiger partial charge on any atom is 0.255 e. The van der Waals surface area contributed by atoms with Crippen molar-refractivity contribution in [2.45, 2.75) is 43.7 Å². The zero-order valence-corrected chi connectivity index (χ0v) is 14.2. The molecule has 0 radical (unpaired) electrons. The van der Waals surface area contributed by atoms with Crippen molar-refractivity contribution in [3.8, 4) is 5.75 Å². The second kappa shape index (κ2) is 4.99. The standard InChI is InChI=1S/C19H21ClN2O2/c20-15-6-14-11(1-2-22-18(14)23)5-16(15)24-17-12-3-10-4-13(17)9-19(21,7-10)8-12/h1-2,5-6,10,12-13,17H,3-4,7-9,21H2,(H,22,23). The summed E-state index contributed by atoms with van der Waals surface area (Å²) in [5.74, 6) is 2.54. The lowest BCUT2D eigenvalue weighted by molar-refractivity contribution is -0.0894. The lowest BCUT2D eigenvalue weighted by Crippen LogP contribution is -2.62. The molecule has 0 saturated heterocycles. The van der Waals surface area contributed by atoms with Crippen LogP contribution in [0.25, 0.3) is 10.8 Å². The number of nitrogens with one attached hydrogen (secondary N) is 1. The molecular formula is C19H21ClN2O2. The van der Waals surface area contributed by atoms with Gasteiger partial charge in [0, 0.05) is 17.1 Å². The first-order chi connectivity index (χ1) is 11.5. The molecule has 0 aliphatic heterocycles. The van der Waals surface area contributed by atoms with Crippen molar-refractivity contribution in [3.63, 3.8) is 0 Å². The van der Waals surface area contributed by atoms with Crippen LogP contribution in [0.2, 0.25) is 5.02 Å². The second-order valence-corrected chi connectivity index (χ2v) is 8.50. The van der Waals surface area contributed by atoms with Crippen molar-refractivity contribution in [1.82, 2.24) is 4.98 Å². The van der Waals surface area contributed by atoms with Crippen molar-refractivity contribution in [2.24, 2.45) is 23.5 Å². The molecule has 4 saturated carbocycles. The van der Waals surface area contributed by atoms with E-state index < -0.39 is 0 Å². The predicted octanol–water partition coefficient (Wildman–Crippen LogP) is 3.47. The van der Waals surface area contributed by atoms with Crippen LogP contribution in [0.3, 0.4) is 0 Å². The number of aromatic amines is 1. The monoisotopic (exact) mass is 344 g/mol. The lowest BCUT2D eigenvalue weighted by Gasteiger charge is -2.58. The van der Waals surface area contributed by atoms with Crippen LogP contribution in [0.15, 0.2) is 29.2 Å². The molecular weight excluding hydrogens is 324 g/mol. The number of nitrogens with two attached hydrogens (primary N) is 1. The third kappa shape index (κ3) is 2.20. The van der Waals surface area contributed by atoms with Gasteiger partial charge in [-0.2, -0.15) is 0 Å². The highest BCUT2D eigenvalue weighted by Gasteiger charge is 2.54. The normalized spacial score (nSPS) is 37.1. The minimum Gasteiger partial charge on any atom is -0.488 e. The molecule has 4 bridgehead atoms. The van der Waals surface area contributed by atoms with Gasteiger partial charge in [0.05, 0.1) is 5.02 Å². The molecule has 2 unspecified atom stereocenters. The van der Waals surface area contributed by atoms with Crippen LogP contribution >= 0.6 is 11.6 Å². The van der Waals surface area contributed by atoms with E-state index in [-0.39, 0.29) is 17.2 Å². The Labute approximate surface area is 145 Å². The van der Waals surface area contributed by atoms with Crippen LogP contribution in [0.5, 0.6) is 5.75 Å². The molecule has 4 fully saturated rings. The minimum atomic E-state index is -0.124. The van der Waals surface area contributed by atoms with E-state index in [2.05, 4.69) is 4.98 Å². The highest BCUT2D eigenvalue weighted by molar-refractivity contribution is 6.32. The first kappa shape index (κ1) is 14.8. The van der Waals surface area contributed by atoms with Crippen LogP contribution in [-0.4, -0.2) is 16.6 Å². The number of halogens is 1. The van der Waals surface area contributed by atoms with Crippen LogP contribution in [0.1, 0.15) is 32.1 Å². The van der Waals surface area contributed by atoms with Crippen LogP contribution in [0.4, 0.5) is 0 Å². The van der Waals surface area contributed by atoms with E-state index in [1.807, 2.05) is 12.1 Å². The van der Waals surface area contributed by atoms with E-state index in [1.165, 1.54) is 19.3 Å². The number of aromatic nitrogens is 1. The number of ether oxygens (including phenoxy) is 1. The third-order valence-corrected chi connectivity index (χ3v) is 6.62. The Bertz CT molecular complexity index is 861. The Morgan fingerprint density at radius 3 is 2.67 bits per heavy atom. The van der Waals surface area contributed by atoms with Crippen molar-refractivity contribution >= 4 is 22.4 Å². The molecule has 1 heterocycles. The first-order valence-electron chi connectivity index (χ1n) is 8.77. The molecule has 2 aromatic rings. The zero-order valence-electron chi connectivity index (χ0n) is 13.4. The Kier molecular flexibility index (Phi) is 3.08. The molecule has 2 atom stereocenters. The smallest absolute Gasteiger partial charge is 0.255 e. The molecule has 3 N–H and O–H groups in total. The van der Waals surface area contributed by atoms with Gasteiger partial charge in [0.1, 0.15) is 11.9 Å². The Morgan fingerprint density at radius 2 is 1.96 bits per heavy atom. The number of rotatable bonds is 2. The molecule has 126 valence electrons. The molecule has 4 aliphatic carbocycles. The van der Waals surface area contributed by atoms with E-state index in [4.69, 9.17) is 22.1 Å². The first-order valence-corrected chi connectivity index (χ1v) is 9.15. The minimum absolute atomic E-state index is 0.0385. The summed E-state index contributed by atoms with van der Waals surface area (Å²) >= 11 is 6.41. The van der Waals surface area contributed by atoms with Crippen LogP contribution in [-0.2, 0) is 0 Å². The highest BCUT2D eigenvalue weighted by atomic mass is 35.5. The summed E-state index contributed by atoms with van der Waals surface area (Å²) < 4.78 is 6.42. The van der Waals surface area contributed by atoms with Gasteiger partial charge < -0.3 is 15.5 Å². The average Bonchev–Trinajstić information content (AvgIpc) is 2.51. The summed E-state index contributed by atoms with van der Waals surface area (Å²) in [5.41, 5.74) is 6.49. The van der Waals surface area contributed by atoms with Crippen molar-refractivity contribution < 1.29 is 4.74 Å². The van der Waals surface area contributed by atoms with Crippen molar-refractivity contribution in [2.75, 3.05) is 0 Å². The van der Waals surface area contributed by atoms with E-state index in [0.29, 0.717) is 28.0 Å². The van der Waals surface area contributed by atoms with Gasteiger partial charge in [-0.15, -0.1) is 0 Å². The molecule has 24 heavy (non-hydrogen) atoms. The molecule has 0 spiro atoms. The molecule has 1 aromatic carbocycles. The predicted molar refractivity (Wildman–Crippen MR) is 94.5 cm³/mol. The Hall–Kier alpha value is -1.52. The molecule has 1 aromatic heterocycles. The molecule has 6 rings (SSSR count). The van der Waals surface area contributed by atoms with Gasteiger partial charge in [-0.25, -0.2) is 0 Å². The fourth-order valence-corrected chi connectivity index (χ4v) is 5.87. The number of fused-ring (bicyclic) bond motifs is 1. The van der Waals surface area contributed by atoms with Crippen molar-refractivity contribution in [1.29, 1.82) is 0 Å². The van der Waals surface area contributed by atoms with Gasteiger partial charge in [-0.1, -0.05) is 11.6 Å². The maximum absolute atomic E-state index is 11.9. The molecule has 4 nitrogen and oxygen atoms in total. The number of H-pyrrole nitrogens is 1. The SMILES string of the molecule is NC12CC3CC(C1)C(Oc1cc4cc[nH]c(=O)c4cc1Cl)C(C3)C2. The van der Waals surface area contributed by atoms with Gasteiger partial charge in [0.2, 0.25) is 0 Å². The number of hydrogen-bond donors (Lipinski definition) is 2. The van der Waals surface area contributed by atoms with Gasteiger partial charge >= 0.3 is 0 Å². The average molecular weight is 345 g/mol. The highest BCUT2D eigenvalue weighted by Crippen LogP contribution is 2.55. The lowest BCUT2D eigenvalue weighted by atomic mass is 9.52. The van der Waals surface area contributed by atoms with Gasteiger partial charge in [-0.3, -0.25) is 4.79 Å². The third-order valence-electron chi connectivity index (χ3n) is 6.32. The molecule has 4 aliphatic rings. The second-order valence-electron chi connectivity index (χ2n) is 8.09. The van der Waals surface area contributed by atoms with E-state index in [0.717, 1.165) is 24.1 Å². The zero-order chi connectivity index (χ0) is 16.5. The van der Waals surface area contributed by atoms with Crippen LogP contribution < -0.4 is 16.0 Å². The molecule has 5 heteroatoms. The van der Waals surface area contributed by atoms with E-state index in [1.54, 1.807) is 12.3 Å². The van der Waals surface area contributed by atoms with E-state index >= 15 is 0 Å². The van der Waals surface area contributed by atoms with Gasteiger partial charge in [0.25, 0.3) is 5.56 Å². The van der Waals surface area contributed by atoms with E-state index in [9.17, 15) is 4.79 Å². The number of benzene rings is 1. The topological polar surface area (TPSA) is 68.1 Å². The number of hydrogen-bond acceptors (Lipinski definition) is 3. The largest absolute Gasteiger partial charge is 0.488 e. The molecule has 0 amide bonds. The van der Waals surface area contributed by atoms with Gasteiger partial charge in [0.15, 0.2) is 0 Å². The van der Waals surface area contributed by atoms with Gasteiger partial charge in [-0.05, 0) is 73.4 Å². The summed E-state index contributed by atoms with van der Waals surface area (Å²) in [5, 5.41) is 1.97. The Balaban J connectivity index is 1.49. The fourth-order valence-electron chi connectivity index (χ4n) is 5.66. The fraction of sp³-hybridized carbons (Fsp3) is 0.526. The quantitative estimate of drug-likeness (QED) is 0.876. The summed E-state index contributed by atoms with van der Waals surface area (Å²) in [6, 6.07) is 5.49. The summed E-state index contributed by atoms with van der Waals surface area (Å²) in [7, 11) is 0. The Morgan fingerprint density at radius 1 is 1.21 bits per heavy atom. The van der Waals surface area contributed by atoms with Crippen LogP contribution in [0, 0.1) is 17.8 Å². The number of pyridine rings is 1. The van der Waals surface area contributed by atoms with Crippen molar-refractivity contribution in [3.05, 3.63) is 39.8 Å².